The summed E-state index contributed by atoms with van der Waals surface area (Å²) in [5.74, 6) is 0.344. The lowest BCUT2D eigenvalue weighted by Gasteiger charge is -2.38. The molecule has 0 spiro atoms. The molecule has 0 radical (unpaired) electrons. The topological polar surface area (TPSA) is 82.8 Å². The van der Waals surface area contributed by atoms with Gasteiger partial charge in [0.15, 0.2) is 0 Å². The van der Waals surface area contributed by atoms with Gasteiger partial charge in [-0.15, -0.1) is 0 Å². The molecule has 1 aromatic carbocycles. The molecule has 0 atom stereocenters. The number of piperazine rings is 1. The molecule has 2 aliphatic heterocycles. The van der Waals surface area contributed by atoms with E-state index in [1.54, 1.807) is 12.1 Å². The van der Waals surface area contributed by atoms with Crippen molar-refractivity contribution in [1.82, 2.24) is 19.7 Å². The second-order valence-corrected chi connectivity index (χ2v) is 10.6. The van der Waals surface area contributed by atoms with Crippen molar-refractivity contribution in [3.05, 3.63) is 69.0 Å². The van der Waals surface area contributed by atoms with Gasteiger partial charge in [-0.05, 0) is 57.8 Å². The summed E-state index contributed by atoms with van der Waals surface area (Å²) in [6.45, 7) is 7.74. The number of hydrogen-bond donors (Lipinski definition) is 0. The molecular weight excluding hydrogens is 454 g/mol. The van der Waals surface area contributed by atoms with Crippen molar-refractivity contribution in [2.45, 2.75) is 64.0 Å². The highest BCUT2D eigenvalue weighted by atomic mass is 16.6. The summed E-state index contributed by atoms with van der Waals surface area (Å²) in [5.41, 5.74) is 3.56. The average molecular weight is 492 g/mol. The van der Waals surface area contributed by atoms with Crippen LogP contribution in [0.1, 0.15) is 71.8 Å². The first-order chi connectivity index (χ1) is 17.5. The number of likely N-dealkylation sites (tertiary alicyclic amines) is 1. The third-order valence-corrected chi connectivity index (χ3v) is 8.29. The molecule has 1 aromatic heterocycles. The summed E-state index contributed by atoms with van der Waals surface area (Å²) in [6.07, 6.45) is 7.07. The molecule has 0 unspecified atom stereocenters. The number of rotatable bonds is 6. The maximum atomic E-state index is 13.6. The minimum Gasteiger partial charge on any atom is -0.336 e. The molecule has 1 aliphatic carbocycles. The number of nitro benzene ring substituents is 1. The third kappa shape index (κ3) is 5.44. The molecule has 8 heteroatoms. The Bertz CT molecular complexity index is 1080. The van der Waals surface area contributed by atoms with Crippen LogP contribution >= 0.6 is 0 Å². The molecule has 3 heterocycles. The minimum absolute atomic E-state index is 0.117. The second-order valence-electron chi connectivity index (χ2n) is 10.6. The molecule has 1 saturated carbocycles. The van der Waals surface area contributed by atoms with Crippen LogP contribution in [0.4, 0.5) is 5.69 Å². The van der Waals surface area contributed by atoms with E-state index in [1.165, 1.54) is 25.7 Å². The van der Waals surface area contributed by atoms with Crippen molar-refractivity contribution < 1.29 is 9.72 Å². The second kappa shape index (κ2) is 11.0. The Kier molecular flexibility index (Phi) is 7.62. The summed E-state index contributed by atoms with van der Waals surface area (Å²) in [4.78, 5) is 36.4. The fraction of sp³-hybridized carbons (Fsp3) is 0.571. The minimum atomic E-state index is -0.301. The molecular formula is C28H37N5O3. The summed E-state index contributed by atoms with van der Waals surface area (Å²) < 4.78 is 0. The number of aryl methyl sites for hydroxylation is 1. The van der Waals surface area contributed by atoms with Gasteiger partial charge in [-0.2, -0.15) is 0 Å². The number of amides is 1. The SMILES string of the molecule is Cc1ccc(C(=O)N2CCN(C3CCCC3)CC2)c(C2CCN(Cc3ccccc3[N+](=O)[O-])CC2)n1. The first-order valence-corrected chi connectivity index (χ1v) is 13.4. The van der Waals surface area contributed by atoms with E-state index in [4.69, 9.17) is 4.98 Å². The van der Waals surface area contributed by atoms with Gasteiger partial charge < -0.3 is 4.90 Å². The van der Waals surface area contributed by atoms with Gasteiger partial charge >= 0.3 is 0 Å². The van der Waals surface area contributed by atoms with E-state index >= 15 is 0 Å². The van der Waals surface area contributed by atoms with Crippen molar-refractivity contribution in [2.75, 3.05) is 39.3 Å². The number of aromatic nitrogens is 1. The van der Waals surface area contributed by atoms with Gasteiger partial charge in [0.25, 0.3) is 11.6 Å². The van der Waals surface area contributed by atoms with Crippen molar-refractivity contribution in [3.8, 4) is 0 Å². The van der Waals surface area contributed by atoms with Crippen molar-refractivity contribution in [2.24, 2.45) is 0 Å². The molecule has 0 N–H and O–H groups in total. The molecule has 2 aromatic rings. The summed E-state index contributed by atoms with van der Waals surface area (Å²) >= 11 is 0. The molecule has 3 fully saturated rings. The Balaban J connectivity index is 1.23. The lowest BCUT2D eigenvalue weighted by atomic mass is 9.89. The zero-order valence-corrected chi connectivity index (χ0v) is 21.3. The van der Waals surface area contributed by atoms with Crippen molar-refractivity contribution >= 4 is 11.6 Å². The van der Waals surface area contributed by atoms with E-state index in [2.05, 4.69) is 9.80 Å². The standard InChI is InChI=1S/C28H37N5O3/c1-21-10-11-25(28(34)32-18-16-31(17-19-32)24-7-3-4-8-24)27(29-21)22-12-14-30(15-13-22)20-23-6-2-5-9-26(23)33(35)36/h2,5-6,9-11,22,24H,3-4,7-8,12-20H2,1H3. The van der Waals surface area contributed by atoms with Crippen LogP contribution in [-0.4, -0.2) is 75.8 Å². The number of carbonyl (C=O) groups is 1. The smallest absolute Gasteiger partial charge is 0.273 e. The molecule has 2 saturated heterocycles. The Labute approximate surface area is 213 Å². The molecule has 3 aliphatic rings. The van der Waals surface area contributed by atoms with Crippen LogP contribution in [-0.2, 0) is 6.54 Å². The maximum absolute atomic E-state index is 13.6. The van der Waals surface area contributed by atoms with Gasteiger partial charge in [0.2, 0.25) is 0 Å². The van der Waals surface area contributed by atoms with Gasteiger partial charge in [-0.25, -0.2) is 0 Å². The van der Waals surface area contributed by atoms with Gasteiger partial charge in [0.05, 0.1) is 16.2 Å². The zero-order valence-electron chi connectivity index (χ0n) is 21.3. The average Bonchev–Trinajstić information content (AvgIpc) is 3.44. The molecule has 8 nitrogen and oxygen atoms in total. The first-order valence-electron chi connectivity index (χ1n) is 13.4. The van der Waals surface area contributed by atoms with E-state index in [-0.39, 0.29) is 22.4 Å². The number of para-hydroxylation sites is 1. The quantitative estimate of drug-likeness (QED) is 0.441. The Morgan fingerprint density at radius 2 is 1.67 bits per heavy atom. The van der Waals surface area contributed by atoms with Crippen LogP contribution in [0.5, 0.6) is 0 Å². The fourth-order valence-corrected chi connectivity index (χ4v) is 6.23. The Morgan fingerprint density at radius 3 is 2.36 bits per heavy atom. The molecule has 0 bridgehead atoms. The van der Waals surface area contributed by atoms with Crippen LogP contribution < -0.4 is 0 Å². The van der Waals surface area contributed by atoms with Crippen LogP contribution in [0.15, 0.2) is 36.4 Å². The molecule has 1 amide bonds. The van der Waals surface area contributed by atoms with Gasteiger partial charge in [0.1, 0.15) is 0 Å². The third-order valence-electron chi connectivity index (χ3n) is 8.29. The largest absolute Gasteiger partial charge is 0.336 e. The highest BCUT2D eigenvalue weighted by molar-refractivity contribution is 5.95. The van der Waals surface area contributed by atoms with E-state index in [0.29, 0.717) is 12.6 Å². The van der Waals surface area contributed by atoms with E-state index in [1.807, 2.05) is 36.1 Å². The monoisotopic (exact) mass is 491 g/mol. The van der Waals surface area contributed by atoms with Crippen LogP contribution in [0.2, 0.25) is 0 Å². The van der Waals surface area contributed by atoms with Crippen LogP contribution in [0, 0.1) is 17.0 Å². The Hall–Kier alpha value is -2.84. The highest BCUT2D eigenvalue weighted by Gasteiger charge is 2.31. The maximum Gasteiger partial charge on any atom is 0.273 e. The summed E-state index contributed by atoms with van der Waals surface area (Å²) in [7, 11) is 0. The molecule has 192 valence electrons. The number of hydrogen-bond acceptors (Lipinski definition) is 6. The lowest BCUT2D eigenvalue weighted by Crippen LogP contribution is -2.51. The number of nitro groups is 1. The lowest BCUT2D eigenvalue weighted by molar-refractivity contribution is -0.385. The number of nitrogens with zero attached hydrogens (tertiary/aromatic N) is 5. The predicted octanol–water partition coefficient (Wildman–Crippen LogP) is 4.38. The number of benzene rings is 1. The first kappa shape index (κ1) is 24.8. The van der Waals surface area contributed by atoms with Gasteiger partial charge in [0, 0.05) is 62.0 Å². The predicted molar refractivity (Wildman–Crippen MR) is 139 cm³/mol. The summed E-state index contributed by atoms with van der Waals surface area (Å²) in [6, 6.07) is 11.6. The van der Waals surface area contributed by atoms with Crippen LogP contribution in [0.3, 0.4) is 0 Å². The zero-order chi connectivity index (χ0) is 25.1. The van der Waals surface area contributed by atoms with E-state index in [9.17, 15) is 14.9 Å². The van der Waals surface area contributed by atoms with E-state index < -0.39 is 0 Å². The number of pyridine rings is 1. The highest BCUT2D eigenvalue weighted by Crippen LogP contribution is 2.32. The number of carbonyl (C=O) groups excluding carboxylic acids is 1. The van der Waals surface area contributed by atoms with Gasteiger partial charge in [-0.3, -0.25) is 29.7 Å². The van der Waals surface area contributed by atoms with Crippen molar-refractivity contribution in [3.63, 3.8) is 0 Å². The summed E-state index contributed by atoms with van der Waals surface area (Å²) in [5, 5.41) is 11.4. The number of piperidine rings is 1. The van der Waals surface area contributed by atoms with Crippen LogP contribution in [0.25, 0.3) is 0 Å². The molecule has 36 heavy (non-hydrogen) atoms. The Morgan fingerprint density at radius 1 is 0.972 bits per heavy atom. The normalized spacial score (nSPS) is 20.6. The van der Waals surface area contributed by atoms with Gasteiger partial charge in [-0.1, -0.05) is 31.0 Å². The van der Waals surface area contributed by atoms with Crippen molar-refractivity contribution in [1.29, 1.82) is 0 Å². The van der Waals surface area contributed by atoms with E-state index in [0.717, 1.165) is 74.6 Å². The fourth-order valence-electron chi connectivity index (χ4n) is 6.23. The molecule has 5 rings (SSSR count).